The molecule has 0 fully saturated rings. The van der Waals surface area contributed by atoms with Crippen LogP contribution in [0.1, 0.15) is 25.3 Å². The molecule has 1 N–H and O–H groups in total. The third-order valence-corrected chi connectivity index (χ3v) is 5.24. The highest BCUT2D eigenvalue weighted by Gasteiger charge is 2.44. The van der Waals surface area contributed by atoms with Gasteiger partial charge in [-0.25, -0.2) is 0 Å². The molecule has 0 bridgehead atoms. The second kappa shape index (κ2) is 9.28. The molecule has 0 radical (unpaired) electrons. The molecule has 27 heavy (non-hydrogen) atoms. The van der Waals surface area contributed by atoms with Crippen molar-refractivity contribution in [2.75, 3.05) is 19.5 Å². The van der Waals surface area contributed by atoms with Crippen molar-refractivity contribution in [1.82, 2.24) is 5.32 Å². The number of nitrogens with zero attached hydrogens (tertiary/aromatic N) is 1. The van der Waals surface area contributed by atoms with Crippen LogP contribution in [0, 0.1) is 17.2 Å². The van der Waals surface area contributed by atoms with Gasteiger partial charge in [-0.05, 0) is 31.5 Å². The van der Waals surface area contributed by atoms with Crippen LogP contribution in [0.2, 0.25) is 0 Å². The van der Waals surface area contributed by atoms with E-state index in [0.29, 0.717) is 34.3 Å². The molecule has 0 unspecified atom stereocenters. The molecule has 7 heteroatoms. The average molecular weight is 386 g/mol. The van der Waals surface area contributed by atoms with E-state index in [4.69, 9.17) is 9.47 Å². The highest BCUT2D eigenvalue weighted by molar-refractivity contribution is 8.03. The number of rotatable bonds is 7. The van der Waals surface area contributed by atoms with Crippen LogP contribution in [0.5, 0.6) is 5.75 Å². The van der Waals surface area contributed by atoms with Gasteiger partial charge in [-0.15, -0.1) is 11.8 Å². The van der Waals surface area contributed by atoms with Gasteiger partial charge in [0.2, 0.25) is 5.91 Å². The van der Waals surface area contributed by atoms with E-state index in [0.717, 1.165) is 5.57 Å². The highest BCUT2D eigenvalue weighted by Crippen LogP contribution is 2.40. The number of benzene rings is 1. The number of nitriles is 1. The van der Waals surface area contributed by atoms with Gasteiger partial charge in [0.25, 0.3) is 0 Å². The van der Waals surface area contributed by atoms with Crippen molar-refractivity contribution in [3.05, 3.63) is 52.6 Å². The number of allylic oxidation sites excluding steroid dienone is 1. The molecule has 0 spiro atoms. The summed E-state index contributed by atoms with van der Waals surface area (Å²) in [5.41, 5.74) is 1.92. The fourth-order valence-corrected chi connectivity index (χ4v) is 3.70. The summed E-state index contributed by atoms with van der Waals surface area (Å²) in [5.74, 6) is -1.78. The van der Waals surface area contributed by atoms with E-state index in [1.165, 1.54) is 18.9 Å². The molecule has 0 aromatic heterocycles. The van der Waals surface area contributed by atoms with Crippen LogP contribution in [-0.4, -0.2) is 31.3 Å². The maximum Gasteiger partial charge on any atom is 0.319 e. The lowest BCUT2D eigenvalue weighted by Crippen LogP contribution is -2.44. The van der Waals surface area contributed by atoms with E-state index in [1.54, 1.807) is 24.3 Å². The molecule has 0 saturated heterocycles. The molecule has 0 aliphatic carbocycles. The van der Waals surface area contributed by atoms with E-state index >= 15 is 0 Å². The fraction of sp³-hybridized carbons (Fsp3) is 0.350. The number of carbonyl (C=O) groups excluding carboxylic acids is 2. The normalized spacial score (nSPS) is 19.1. The summed E-state index contributed by atoms with van der Waals surface area (Å²) in [4.78, 5) is 25.0. The molecule has 0 saturated carbocycles. The van der Waals surface area contributed by atoms with Crippen LogP contribution < -0.4 is 10.1 Å². The van der Waals surface area contributed by atoms with Crippen LogP contribution in [0.3, 0.4) is 0 Å². The molecular formula is C20H22N2O4S. The van der Waals surface area contributed by atoms with Crippen molar-refractivity contribution in [3.63, 3.8) is 0 Å². The standard InChI is InChI=1S/C20H22N2O4S/c1-5-26-14-8-6-13(7-9-14)16-15(10-21)19(27-11-12(2)3)22-18(23)17(16)20(24)25-4/h6-9,16-17H,2,5,11H2,1,3-4H3,(H,22,23)/t16-,17-/m0/s1. The van der Waals surface area contributed by atoms with Gasteiger partial charge in [0, 0.05) is 11.7 Å². The first-order valence-corrected chi connectivity index (χ1v) is 9.44. The van der Waals surface area contributed by atoms with Crippen molar-refractivity contribution in [3.8, 4) is 11.8 Å². The molecule has 1 heterocycles. The maximum absolute atomic E-state index is 12.6. The van der Waals surface area contributed by atoms with Crippen molar-refractivity contribution in [1.29, 1.82) is 5.26 Å². The van der Waals surface area contributed by atoms with Gasteiger partial charge in [-0.2, -0.15) is 5.26 Å². The summed E-state index contributed by atoms with van der Waals surface area (Å²) in [7, 11) is 1.23. The first kappa shape index (κ1) is 20.6. The predicted molar refractivity (Wildman–Crippen MR) is 104 cm³/mol. The second-order valence-electron chi connectivity index (χ2n) is 6.07. The highest BCUT2D eigenvalue weighted by atomic mass is 32.2. The molecule has 1 aromatic carbocycles. The number of esters is 1. The Bertz CT molecular complexity index is 808. The minimum atomic E-state index is -1.13. The topological polar surface area (TPSA) is 88.4 Å². The molecule has 142 valence electrons. The quantitative estimate of drug-likeness (QED) is 0.440. The SMILES string of the molecule is C=C(C)CSC1=C(C#N)[C@H](c2ccc(OCC)cc2)[C@H](C(=O)OC)C(=O)N1. The van der Waals surface area contributed by atoms with E-state index in [9.17, 15) is 14.9 Å². The summed E-state index contributed by atoms with van der Waals surface area (Å²) in [6.45, 7) is 8.12. The van der Waals surface area contributed by atoms with Crippen LogP contribution >= 0.6 is 11.8 Å². The third kappa shape index (κ3) is 4.72. The van der Waals surface area contributed by atoms with Crippen molar-refractivity contribution >= 4 is 23.6 Å². The van der Waals surface area contributed by atoms with Gasteiger partial charge in [-0.3, -0.25) is 9.59 Å². The number of hydrogen-bond donors (Lipinski definition) is 1. The largest absolute Gasteiger partial charge is 0.494 e. The van der Waals surface area contributed by atoms with Crippen molar-refractivity contribution in [2.45, 2.75) is 19.8 Å². The maximum atomic E-state index is 12.6. The monoisotopic (exact) mass is 386 g/mol. The molecule has 1 aromatic rings. The Balaban J connectivity index is 2.53. The zero-order valence-electron chi connectivity index (χ0n) is 15.6. The first-order chi connectivity index (χ1) is 12.9. The van der Waals surface area contributed by atoms with Gasteiger partial charge in [0.15, 0.2) is 0 Å². The number of carbonyl (C=O) groups is 2. The number of thioether (sulfide) groups is 1. The van der Waals surface area contributed by atoms with Crippen LogP contribution in [0.15, 0.2) is 47.0 Å². The Morgan fingerprint density at radius 3 is 2.56 bits per heavy atom. The summed E-state index contributed by atoms with van der Waals surface area (Å²) in [6, 6.07) is 9.22. The Hall–Kier alpha value is -2.72. The Morgan fingerprint density at radius 2 is 2.04 bits per heavy atom. The summed E-state index contributed by atoms with van der Waals surface area (Å²) in [5, 5.41) is 12.9. The Kier molecular flexibility index (Phi) is 7.08. The zero-order valence-corrected chi connectivity index (χ0v) is 16.4. The van der Waals surface area contributed by atoms with E-state index in [2.05, 4.69) is 18.0 Å². The third-order valence-electron chi connectivity index (χ3n) is 4.00. The number of hydrogen-bond acceptors (Lipinski definition) is 6. The molecule has 2 atom stereocenters. The number of ether oxygens (including phenoxy) is 2. The Morgan fingerprint density at radius 1 is 1.37 bits per heavy atom. The summed E-state index contributed by atoms with van der Waals surface area (Å²) < 4.78 is 10.3. The van der Waals surface area contributed by atoms with Crippen molar-refractivity contribution < 1.29 is 19.1 Å². The number of nitrogens with one attached hydrogen (secondary N) is 1. The second-order valence-corrected chi connectivity index (χ2v) is 7.06. The van der Waals surface area contributed by atoms with Crippen molar-refractivity contribution in [2.24, 2.45) is 5.92 Å². The lowest BCUT2D eigenvalue weighted by molar-refractivity contribution is -0.150. The van der Waals surface area contributed by atoms with Gasteiger partial charge >= 0.3 is 5.97 Å². The molecule has 1 aliphatic rings. The summed E-state index contributed by atoms with van der Waals surface area (Å²) in [6.07, 6.45) is 0. The van der Waals surface area contributed by atoms with E-state index in [1.807, 2.05) is 13.8 Å². The molecule has 1 aliphatic heterocycles. The van der Waals surface area contributed by atoms with Crippen LogP contribution in [-0.2, 0) is 14.3 Å². The minimum absolute atomic E-state index is 0.334. The fourth-order valence-electron chi connectivity index (χ4n) is 2.81. The predicted octanol–water partition coefficient (Wildman–Crippen LogP) is 3.13. The number of amides is 1. The van der Waals surface area contributed by atoms with Gasteiger partial charge in [-0.1, -0.05) is 24.3 Å². The van der Waals surface area contributed by atoms with E-state index < -0.39 is 23.7 Å². The van der Waals surface area contributed by atoms with Gasteiger partial charge in [0.05, 0.1) is 30.4 Å². The lowest BCUT2D eigenvalue weighted by atomic mass is 9.78. The Labute approximate surface area is 163 Å². The molecule has 1 amide bonds. The lowest BCUT2D eigenvalue weighted by Gasteiger charge is -2.31. The smallest absolute Gasteiger partial charge is 0.319 e. The van der Waals surface area contributed by atoms with Crippen LogP contribution in [0.4, 0.5) is 0 Å². The van der Waals surface area contributed by atoms with E-state index in [-0.39, 0.29) is 0 Å². The van der Waals surface area contributed by atoms with Gasteiger partial charge < -0.3 is 14.8 Å². The summed E-state index contributed by atoms with van der Waals surface area (Å²) >= 11 is 1.32. The zero-order chi connectivity index (χ0) is 20.0. The first-order valence-electron chi connectivity index (χ1n) is 8.45. The van der Waals surface area contributed by atoms with Crippen LogP contribution in [0.25, 0.3) is 0 Å². The molecule has 6 nitrogen and oxygen atoms in total. The minimum Gasteiger partial charge on any atom is -0.494 e. The molecule has 2 rings (SSSR count). The number of methoxy groups -OCH3 is 1. The average Bonchev–Trinajstić information content (AvgIpc) is 2.66. The van der Waals surface area contributed by atoms with Gasteiger partial charge in [0.1, 0.15) is 11.7 Å². The molecular weight excluding hydrogens is 364 g/mol.